The van der Waals surface area contributed by atoms with Crippen LogP contribution in [0.4, 0.5) is 22.0 Å². The largest absolute Gasteiger partial charge is 0.449 e. The fourth-order valence-electron chi connectivity index (χ4n) is 2.14. The van der Waals surface area contributed by atoms with Crippen LogP contribution in [0.5, 0.6) is 0 Å². The Labute approximate surface area is 100 Å². The number of aliphatic hydroxyl groups excluding tert-OH is 1. The predicted octanol–water partition coefficient (Wildman–Crippen LogP) is 1.81. The molecule has 1 saturated carbocycles. The van der Waals surface area contributed by atoms with Gasteiger partial charge in [-0.1, -0.05) is 19.3 Å². The van der Waals surface area contributed by atoms with E-state index in [0.29, 0.717) is 12.8 Å². The van der Waals surface area contributed by atoms with Crippen molar-refractivity contribution in [3.05, 3.63) is 0 Å². The average Bonchev–Trinajstić information content (AvgIpc) is 2.27. The summed E-state index contributed by atoms with van der Waals surface area (Å²) in [6, 6.07) is 0. The van der Waals surface area contributed by atoms with Crippen LogP contribution < -0.4 is 0 Å². The van der Waals surface area contributed by atoms with Crippen molar-refractivity contribution >= 4 is 0 Å². The molecule has 1 rings (SSSR count). The minimum Gasteiger partial charge on any atom is -0.386 e. The Balaban J connectivity index is 2.90. The number of aliphatic hydroxyl groups is 3. The number of rotatable bonds is 3. The Bertz CT molecular complexity index is 284. The monoisotopic (exact) mass is 278 g/mol. The molecule has 1 atom stereocenters. The molecule has 0 aromatic rings. The van der Waals surface area contributed by atoms with Crippen LogP contribution in [0.2, 0.25) is 0 Å². The van der Waals surface area contributed by atoms with Crippen LogP contribution >= 0.6 is 0 Å². The maximum atomic E-state index is 13.4. The molecule has 0 radical (unpaired) electrons. The molecule has 108 valence electrons. The summed E-state index contributed by atoms with van der Waals surface area (Å²) in [6.45, 7) is 0. The second kappa shape index (κ2) is 4.90. The zero-order chi connectivity index (χ0) is 14.2. The van der Waals surface area contributed by atoms with Gasteiger partial charge in [0.1, 0.15) is 6.10 Å². The van der Waals surface area contributed by atoms with E-state index in [1.54, 1.807) is 0 Å². The lowest BCUT2D eigenvalue weighted by Gasteiger charge is -2.38. The first-order chi connectivity index (χ1) is 8.02. The van der Waals surface area contributed by atoms with Gasteiger partial charge in [0.2, 0.25) is 0 Å². The third-order valence-electron chi connectivity index (χ3n) is 3.33. The van der Waals surface area contributed by atoms with E-state index >= 15 is 0 Å². The maximum absolute atomic E-state index is 13.4. The SMILES string of the molecule is OC(C1CCCCC1)C(F)(F)C(O)(O)C(F)(F)F. The summed E-state index contributed by atoms with van der Waals surface area (Å²) >= 11 is 0. The summed E-state index contributed by atoms with van der Waals surface area (Å²) in [5.74, 6) is -11.3. The number of alkyl halides is 5. The summed E-state index contributed by atoms with van der Waals surface area (Å²) in [6.07, 6.45) is -6.57. The lowest BCUT2D eigenvalue weighted by Crippen LogP contribution is -2.64. The van der Waals surface area contributed by atoms with Gasteiger partial charge < -0.3 is 15.3 Å². The molecule has 1 fully saturated rings. The van der Waals surface area contributed by atoms with E-state index in [-0.39, 0.29) is 12.8 Å². The minimum absolute atomic E-state index is 0.144. The van der Waals surface area contributed by atoms with Gasteiger partial charge in [0.25, 0.3) is 0 Å². The molecule has 0 aromatic carbocycles. The van der Waals surface area contributed by atoms with E-state index in [4.69, 9.17) is 10.2 Å². The van der Waals surface area contributed by atoms with Crippen LogP contribution in [-0.4, -0.2) is 39.3 Å². The molecule has 0 aliphatic heterocycles. The van der Waals surface area contributed by atoms with Crippen LogP contribution in [0.15, 0.2) is 0 Å². The van der Waals surface area contributed by atoms with Crippen LogP contribution in [0.1, 0.15) is 32.1 Å². The molecular formula is C10H15F5O3. The Kier molecular flexibility index (Phi) is 4.24. The van der Waals surface area contributed by atoms with Crippen molar-refractivity contribution in [2.75, 3.05) is 0 Å². The van der Waals surface area contributed by atoms with Crippen LogP contribution in [0.3, 0.4) is 0 Å². The third kappa shape index (κ3) is 2.60. The highest BCUT2D eigenvalue weighted by molar-refractivity contribution is 4.97. The summed E-state index contributed by atoms with van der Waals surface area (Å²) in [4.78, 5) is 0. The minimum atomic E-state index is -5.94. The van der Waals surface area contributed by atoms with Crippen molar-refractivity contribution in [1.29, 1.82) is 0 Å². The Morgan fingerprint density at radius 1 is 0.889 bits per heavy atom. The number of halogens is 5. The standard InChI is InChI=1S/C10H15F5O3/c11-8(12,9(17,18)10(13,14)15)7(16)6-4-2-1-3-5-6/h6-7,16-18H,1-5H2. The van der Waals surface area contributed by atoms with Gasteiger partial charge in [-0.05, 0) is 18.8 Å². The topological polar surface area (TPSA) is 60.7 Å². The molecule has 0 bridgehead atoms. The molecule has 1 unspecified atom stereocenters. The summed E-state index contributed by atoms with van der Waals surface area (Å²) in [5.41, 5.74) is 0. The van der Waals surface area contributed by atoms with Crippen molar-refractivity contribution in [2.45, 2.75) is 56.1 Å². The fraction of sp³-hybridized carbons (Fsp3) is 1.00. The Morgan fingerprint density at radius 3 is 1.72 bits per heavy atom. The molecule has 0 spiro atoms. The molecule has 3 nitrogen and oxygen atoms in total. The summed E-state index contributed by atoms with van der Waals surface area (Å²) in [7, 11) is 0. The molecule has 0 aromatic heterocycles. The van der Waals surface area contributed by atoms with Gasteiger partial charge in [-0.3, -0.25) is 0 Å². The zero-order valence-electron chi connectivity index (χ0n) is 9.42. The highest BCUT2D eigenvalue weighted by atomic mass is 19.4. The third-order valence-corrected chi connectivity index (χ3v) is 3.33. The summed E-state index contributed by atoms with van der Waals surface area (Å²) < 4.78 is 63.3. The van der Waals surface area contributed by atoms with Gasteiger partial charge in [0.05, 0.1) is 0 Å². The lowest BCUT2D eigenvalue weighted by atomic mass is 9.81. The van der Waals surface area contributed by atoms with Gasteiger partial charge in [-0.25, -0.2) is 0 Å². The fourth-order valence-corrected chi connectivity index (χ4v) is 2.14. The maximum Gasteiger partial charge on any atom is 0.449 e. The van der Waals surface area contributed by atoms with Crippen molar-refractivity contribution in [1.82, 2.24) is 0 Å². The van der Waals surface area contributed by atoms with Crippen LogP contribution in [-0.2, 0) is 0 Å². The molecule has 0 saturated heterocycles. The van der Waals surface area contributed by atoms with Gasteiger partial charge >= 0.3 is 17.9 Å². The first-order valence-electron chi connectivity index (χ1n) is 5.59. The quantitative estimate of drug-likeness (QED) is 0.545. The van der Waals surface area contributed by atoms with Crippen molar-refractivity contribution < 1.29 is 37.3 Å². The molecule has 1 aliphatic rings. The van der Waals surface area contributed by atoms with E-state index in [2.05, 4.69) is 0 Å². The van der Waals surface area contributed by atoms with Gasteiger partial charge in [0.15, 0.2) is 0 Å². The van der Waals surface area contributed by atoms with Crippen molar-refractivity contribution in [3.63, 3.8) is 0 Å². The van der Waals surface area contributed by atoms with E-state index in [0.717, 1.165) is 6.42 Å². The van der Waals surface area contributed by atoms with Crippen LogP contribution in [0.25, 0.3) is 0 Å². The van der Waals surface area contributed by atoms with E-state index in [9.17, 15) is 27.1 Å². The predicted molar refractivity (Wildman–Crippen MR) is 50.8 cm³/mol. The van der Waals surface area contributed by atoms with Gasteiger partial charge in [-0.15, -0.1) is 0 Å². The molecule has 3 N–H and O–H groups in total. The lowest BCUT2D eigenvalue weighted by molar-refractivity contribution is -0.431. The van der Waals surface area contributed by atoms with Crippen molar-refractivity contribution in [3.8, 4) is 0 Å². The Morgan fingerprint density at radius 2 is 1.33 bits per heavy atom. The smallest absolute Gasteiger partial charge is 0.386 e. The normalized spacial score (nSPS) is 22.0. The van der Waals surface area contributed by atoms with E-state index in [1.165, 1.54) is 0 Å². The first-order valence-corrected chi connectivity index (χ1v) is 5.59. The Hall–Kier alpha value is -0.470. The van der Waals surface area contributed by atoms with Crippen molar-refractivity contribution in [2.24, 2.45) is 5.92 Å². The van der Waals surface area contributed by atoms with Gasteiger partial charge in [-0.2, -0.15) is 22.0 Å². The molecular weight excluding hydrogens is 263 g/mol. The van der Waals surface area contributed by atoms with E-state index in [1.807, 2.05) is 0 Å². The van der Waals surface area contributed by atoms with Crippen LogP contribution in [0, 0.1) is 5.92 Å². The number of hydrogen-bond donors (Lipinski definition) is 3. The molecule has 0 heterocycles. The first kappa shape index (κ1) is 15.6. The van der Waals surface area contributed by atoms with Gasteiger partial charge in [0, 0.05) is 0 Å². The highest BCUT2D eigenvalue weighted by Gasteiger charge is 2.72. The second-order valence-electron chi connectivity index (χ2n) is 4.64. The molecule has 18 heavy (non-hydrogen) atoms. The molecule has 8 heteroatoms. The average molecular weight is 278 g/mol. The molecule has 0 amide bonds. The number of hydrogen-bond acceptors (Lipinski definition) is 3. The highest BCUT2D eigenvalue weighted by Crippen LogP contribution is 2.45. The zero-order valence-corrected chi connectivity index (χ0v) is 9.42. The molecule has 1 aliphatic carbocycles. The summed E-state index contributed by atoms with van der Waals surface area (Å²) in [5, 5.41) is 26.5. The van der Waals surface area contributed by atoms with E-state index < -0.39 is 29.9 Å². The second-order valence-corrected chi connectivity index (χ2v) is 4.64.